The first-order valence-electron chi connectivity index (χ1n) is 1.30. The van der Waals surface area contributed by atoms with Gasteiger partial charge < -0.3 is 69.7 Å². The van der Waals surface area contributed by atoms with Gasteiger partial charge in [0.05, 0.1) is 0 Å². The maximum Gasteiger partial charge on any atom is 6.00 e. The van der Waals surface area contributed by atoms with Crippen molar-refractivity contribution < 1.29 is 17.1 Å². The van der Waals surface area contributed by atoms with Crippen molar-refractivity contribution in [3.8, 4) is 0 Å². The molecule has 0 rings (SSSR count). The van der Waals surface area contributed by atoms with Crippen LogP contribution in [0.3, 0.4) is 0 Å². The van der Waals surface area contributed by atoms with Crippen LogP contribution in [0.1, 0.15) is 0 Å². The van der Waals surface area contributed by atoms with Crippen LogP contribution in [0, 0.1) is 64.1 Å². The maximum absolute atomic E-state index is 7.25. The molecule has 9 heteroatoms. The first kappa shape index (κ1) is 80.6. The Balaban J connectivity index is -0.00000000500. The van der Waals surface area contributed by atoms with Gasteiger partial charge in [-0.25, -0.2) is 0 Å². The molecule has 0 N–H and O–H groups in total. The van der Waals surface area contributed by atoms with Gasteiger partial charge in [-0.05, 0) is 0 Å². The molecule has 0 aliphatic rings. The van der Waals surface area contributed by atoms with E-state index in [1.165, 1.54) is 0 Å². The quantitative estimate of drug-likeness (QED) is 0.439. The summed E-state index contributed by atoms with van der Waals surface area (Å²) in [6.45, 7) is 23.8. The van der Waals surface area contributed by atoms with Gasteiger partial charge in [-0.15, -0.1) is 0 Å². The van der Waals surface area contributed by atoms with E-state index in [0.717, 1.165) is 0 Å². The van der Waals surface area contributed by atoms with Gasteiger partial charge in [0, 0.05) is 29.6 Å². The Kier molecular flexibility index (Phi) is 3640. The molecule has 0 spiro atoms. The van der Waals surface area contributed by atoms with Gasteiger partial charge in [0.2, 0.25) is 0 Å². The van der Waals surface area contributed by atoms with E-state index in [-0.39, 0.29) is 46.6 Å². The molecule has 0 amide bonds. The second-order valence-electron chi connectivity index (χ2n) is 0. The van der Waals surface area contributed by atoms with E-state index in [1.54, 1.807) is 0 Å². The molecule has 0 aliphatic heterocycles. The topological polar surface area (TPSA) is 158 Å². The summed E-state index contributed by atoms with van der Waals surface area (Å²) in [6.07, 6.45) is 0. The summed E-state index contributed by atoms with van der Waals surface area (Å²) in [4.78, 5) is 7.25. The van der Waals surface area contributed by atoms with Crippen LogP contribution in [0.15, 0.2) is 0 Å². The Morgan fingerprint density at radius 2 is 0.571 bits per heavy atom. The number of nitroso groups, excluding NO2 is 1. The van der Waals surface area contributed by atoms with Gasteiger partial charge in [-0.1, -0.05) is 0 Å². The minimum Gasteiger partial charge on any atom is -0.577 e. The van der Waals surface area contributed by atoms with Crippen molar-refractivity contribution in [3.05, 3.63) is 43.4 Å². The summed E-state index contributed by atoms with van der Waals surface area (Å²) in [6, 6.07) is 0. The van der Waals surface area contributed by atoms with Gasteiger partial charge in [0.15, 0.2) is 0 Å². The van der Waals surface area contributed by atoms with Crippen molar-refractivity contribution in [2.24, 2.45) is 0 Å². The SMILES string of the molecule is [C-]#N.[C-]#N.[C-]#N.[C-]#N.[C-]#N.[Fe+6].[N-]=O.[Na]. The summed E-state index contributed by atoms with van der Waals surface area (Å²) in [5.74, 6) is 0. The Hall–Kier alpha value is -1.43. The molecule has 0 fully saturated rings. The second kappa shape index (κ2) is 632. The predicted molar refractivity (Wildman–Crippen MR) is 37.3 cm³/mol. The largest absolute Gasteiger partial charge is 6.00 e. The third kappa shape index (κ3) is 473. The van der Waals surface area contributed by atoms with Gasteiger partial charge >= 0.3 is 17.1 Å². The molecular formula is C5FeN6NaO. The minimum absolute atomic E-state index is 0. The monoisotopic (exact) mass is 239 g/mol. The van der Waals surface area contributed by atoms with Crippen LogP contribution in [-0.2, 0) is 17.1 Å². The van der Waals surface area contributed by atoms with E-state index in [9.17, 15) is 0 Å². The molecule has 0 aromatic rings. The predicted octanol–water partition coefficient (Wildman–Crippen LogP) is 0.421. The molecule has 1 radical (unpaired) electrons. The summed E-state index contributed by atoms with van der Waals surface area (Å²) >= 11 is 0. The Bertz CT molecular complexity index is 95.6. The van der Waals surface area contributed by atoms with Gasteiger partial charge in [0.25, 0.3) is 0 Å². The molecule has 0 saturated carbocycles. The van der Waals surface area contributed by atoms with Crippen LogP contribution >= 0.6 is 0 Å². The molecule has 0 aromatic carbocycles. The van der Waals surface area contributed by atoms with Crippen LogP contribution in [0.25, 0.3) is 5.59 Å². The fraction of sp³-hybridized carbons (Fsp3) is 0. The van der Waals surface area contributed by atoms with E-state index in [4.69, 9.17) is 69.7 Å². The summed E-state index contributed by atoms with van der Waals surface area (Å²) in [5.41, 5.74) is 5.75. The summed E-state index contributed by atoms with van der Waals surface area (Å²) < 4.78 is 0. The Morgan fingerprint density at radius 1 is 0.571 bits per heavy atom. The number of rotatable bonds is 0. The Morgan fingerprint density at radius 3 is 0.571 bits per heavy atom. The molecule has 0 heterocycles. The first-order valence-corrected chi connectivity index (χ1v) is 1.30. The van der Waals surface area contributed by atoms with Crippen molar-refractivity contribution in [1.29, 1.82) is 26.3 Å². The zero-order valence-corrected chi connectivity index (χ0v) is 10.0. The van der Waals surface area contributed by atoms with E-state index in [0.29, 0.717) is 0 Å². The van der Waals surface area contributed by atoms with E-state index in [2.05, 4.69) is 0 Å². The van der Waals surface area contributed by atoms with Crippen LogP contribution in [0.4, 0.5) is 0 Å². The summed E-state index contributed by atoms with van der Waals surface area (Å²) in [7, 11) is 0. The van der Waals surface area contributed by atoms with Crippen LogP contribution in [-0.4, -0.2) is 29.6 Å². The second-order valence-corrected chi connectivity index (χ2v) is 0. The van der Waals surface area contributed by atoms with Gasteiger partial charge in [-0.2, -0.15) is 0 Å². The average molecular weight is 239 g/mol. The van der Waals surface area contributed by atoms with E-state index >= 15 is 0 Å². The normalized spacial score (nSPS) is 1.00. The molecule has 0 bridgehead atoms. The van der Waals surface area contributed by atoms with Gasteiger partial charge in [0.1, 0.15) is 0 Å². The molecule has 65 valence electrons. The summed E-state index contributed by atoms with van der Waals surface area (Å²) in [5, 5.41) is 31.2. The smallest absolute Gasteiger partial charge is 0.577 e. The number of nitrogens with zero attached hydrogens (tertiary/aromatic N) is 6. The standard InChI is InChI=1S/5CN.Fe.NO.Na/c5*1-2;;1-2;/q5*-1;+6;-1;. The third-order valence-electron chi connectivity index (χ3n) is 0. The van der Waals surface area contributed by atoms with Crippen LogP contribution < -0.4 is 0 Å². The fourth-order valence-electron chi connectivity index (χ4n) is 0. The first-order chi connectivity index (χ1) is 6.00. The molecular weight excluding hydrogens is 239 g/mol. The third-order valence-corrected chi connectivity index (χ3v) is 0. The molecule has 0 aliphatic carbocycles. The van der Waals surface area contributed by atoms with E-state index < -0.39 is 0 Å². The average Bonchev–Trinajstić information content (AvgIpc) is 2.33. The molecule has 7 nitrogen and oxygen atoms in total. The Labute approximate surface area is 116 Å². The number of hydrogen-bond donors (Lipinski definition) is 0. The zero-order valence-electron chi connectivity index (χ0n) is 6.95. The molecule has 0 aromatic heterocycles. The zero-order chi connectivity index (χ0) is 12.0. The molecule has 0 atom stereocenters. The molecule has 14 heavy (non-hydrogen) atoms. The minimum atomic E-state index is 0. The molecule has 0 saturated heterocycles. The maximum atomic E-state index is 7.25. The van der Waals surface area contributed by atoms with Gasteiger partial charge in [-0.3, -0.25) is 0 Å². The van der Waals surface area contributed by atoms with E-state index in [1.807, 2.05) is 0 Å². The fourth-order valence-corrected chi connectivity index (χ4v) is 0. The molecule has 0 unspecified atom stereocenters. The van der Waals surface area contributed by atoms with Crippen LogP contribution in [0.5, 0.6) is 0 Å². The van der Waals surface area contributed by atoms with Crippen molar-refractivity contribution in [2.75, 3.05) is 0 Å². The van der Waals surface area contributed by atoms with Crippen LogP contribution in [0.2, 0.25) is 0 Å². The van der Waals surface area contributed by atoms with Crippen molar-refractivity contribution in [2.45, 2.75) is 0 Å². The van der Waals surface area contributed by atoms with Crippen molar-refractivity contribution in [1.82, 2.24) is 0 Å². The van der Waals surface area contributed by atoms with Crippen molar-refractivity contribution in [3.63, 3.8) is 0 Å². The van der Waals surface area contributed by atoms with Crippen molar-refractivity contribution >= 4 is 29.6 Å². The number of hydrogen-bond acceptors (Lipinski definition) is 6.